The number of carbonyl (C=O) groups excluding carboxylic acids is 2. The lowest BCUT2D eigenvalue weighted by Gasteiger charge is -2.34. The number of rotatable bonds is 2. The topological polar surface area (TPSA) is 62.3 Å². The number of hydrogen-bond acceptors (Lipinski definition) is 3. The van der Waals surface area contributed by atoms with Gasteiger partial charge in [0.1, 0.15) is 6.04 Å². The third-order valence-corrected chi connectivity index (χ3v) is 3.14. The highest BCUT2D eigenvalue weighted by Crippen LogP contribution is 2.13. The van der Waals surface area contributed by atoms with Gasteiger partial charge in [0, 0.05) is 25.0 Å². The van der Waals surface area contributed by atoms with Crippen molar-refractivity contribution in [3.63, 3.8) is 0 Å². The third-order valence-electron chi connectivity index (χ3n) is 3.14. The Bertz CT molecular complexity index is 456. The molecule has 0 bridgehead atoms. The molecule has 1 aromatic rings. The Labute approximate surface area is 106 Å². The minimum atomic E-state index is -0.368. The van der Waals surface area contributed by atoms with Crippen LogP contribution < -0.4 is 5.32 Å². The zero-order valence-corrected chi connectivity index (χ0v) is 10.6. The molecule has 5 nitrogen and oxygen atoms in total. The zero-order valence-electron chi connectivity index (χ0n) is 10.6. The summed E-state index contributed by atoms with van der Waals surface area (Å²) < 4.78 is 0. The van der Waals surface area contributed by atoms with Gasteiger partial charge in [-0.15, -0.1) is 0 Å². The van der Waals surface area contributed by atoms with Crippen LogP contribution in [0.5, 0.6) is 0 Å². The summed E-state index contributed by atoms with van der Waals surface area (Å²) in [5.41, 5.74) is 1.41. The van der Waals surface area contributed by atoms with Crippen molar-refractivity contribution in [2.45, 2.75) is 26.3 Å². The molecule has 2 amide bonds. The van der Waals surface area contributed by atoms with Gasteiger partial charge in [-0.3, -0.25) is 14.6 Å². The summed E-state index contributed by atoms with van der Waals surface area (Å²) in [5.74, 6) is -0.193. The van der Waals surface area contributed by atoms with Gasteiger partial charge in [0.25, 0.3) is 5.91 Å². The number of amides is 2. The number of carbonyl (C=O) groups is 2. The van der Waals surface area contributed by atoms with Crippen LogP contribution in [-0.2, 0) is 4.79 Å². The SMILES string of the molecule is CC[C@H]1C(=O)NCCN1C(=O)c1ccc(C)nc1. The standard InChI is InChI=1S/C13H17N3O2/c1-3-11-12(17)14-6-7-16(11)13(18)10-5-4-9(2)15-8-10/h4-5,8,11H,3,6-7H2,1-2H3,(H,14,17)/t11-/m0/s1. The number of pyridine rings is 1. The molecule has 0 aromatic carbocycles. The Morgan fingerprint density at radius 3 is 2.94 bits per heavy atom. The molecular weight excluding hydrogens is 230 g/mol. The molecule has 18 heavy (non-hydrogen) atoms. The summed E-state index contributed by atoms with van der Waals surface area (Å²) in [4.78, 5) is 29.8. The van der Waals surface area contributed by atoms with E-state index in [0.717, 1.165) is 5.69 Å². The van der Waals surface area contributed by atoms with Gasteiger partial charge < -0.3 is 10.2 Å². The van der Waals surface area contributed by atoms with Gasteiger partial charge in [-0.05, 0) is 25.5 Å². The first-order valence-corrected chi connectivity index (χ1v) is 6.15. The molecule has 1 N–H and O–H groups in total. The molecule has 0 unspecified atom stereocenters. The fourth-order valence-corrected chi connectivity index (χ4v) is 2.12. The van der Waals surface area contributed by atoms with Crippen molar-refractivity contribution in [2.24, 2.45) is 0 Å². The van der Waals surface area contributed by atoms with E-state index in [1.165, 1.54) is 0 Å². The van der Waals surface area contributed by atoms with Crippen molar-refractivity contribution in [1.82, 2.24) is 15.2 Å². The predicted octanol–water partition coefficient (Wildman–Crippen LogP) is 0.741. The summed E-state index contributed by atoms with van der Waals surface area (Å²) in [6.45, 7) is 4.85. The van der Waals surface area contributed by atoms with E-state index < -0.39 is 0 Å². The predicted molar refractivity (Wildman–Crippen MR) is 67.1 cm³/mol. The summed E-state index contributed by atoms with van der Waals surface area (Å²) in [5, 5.41) is 2.78. The largest absolute Gasteiger partial charge is 0.353 e. The number of nitrogens with one attached hydrogen (secondary N) is 1. The number of aromatic nitrogens is 1. The van der Waals surface area contributed by atoms with Crippen molar-refractivity contribution in [3.8, 4) is 0 Å². The molecule has 1 atom stereocenters. The summed E-state index contributed by atoms with van der Waals surface area (Å²) in [7, 11) is 0. The maximum Gasteiger partial charge on any atom is 0.256 e. The Balaban J connectivity index is 2.21. The van der Waals surface area contributed by atoms with Crippen molar-refractivity contribution in [1.29, 1.82) is 0 Å². The van der Waals surface area contributed by atoms with E-state index in [4.69, 9.17) is 0 Å². The Kier molecular flexibility index (Phi) is 3.60. The van der Waals surface area contributed by atoms with Crippen LogP contribution in [-0.4, -0.2) is 40.8 Å². The van der Waals surface area contributed by atoms with Gasteiger partial charge in [0.05, 0.1) is 5.56 Å². The van der Waals surface area contributed by atoms with E-state index in [0.29, 0.717) is 25.1 Å². The van der Waals surface area contributed by atoms with E-state index in [-0.39, 0.29) is 17.9 Å². The van der Waals surface area contributed by atoms with Crippen LogP contribution in [0.3, 0.4) is 0 Å². The number of nitrogens with zero attached hydrogens (tertiary/aromatic N) is 2. The molecule has 1 aliphatic heterocycles. The third kappa shape index (κ3) is 2.34. The molecule has 1 aromatic heterocycles. The normalized spacial score (nSPS) is 19.6. The van der Waals surface area contributed by atoms with Gasteiger partial charge >= 0.3 is 0 Å². The second kappa shape index (κ2) is 5.16. The lowest BCUT2D eigenvalue weighted by Crippen LogP contribution is -2.56. The van der Waals surface area contributed by atoms with Gasteiger partial charge in [0.15, 0.2) is 0 Å². The van der Waals surface area contributed by atoms with Crippen LogP contribution in [0.25, 0.3) is 0 Å². The minimum Gasteiger partial charge on any atom is -0.353 e. The van der Waals surface area contributed by atoms with E-state index >= 15 is 0 Å². The first kappa shape index (κ1) is 12.5. The lowest BCUT2D eigenvalue weighted by atomic mass is 10.1. The second-order valence-corrected chi connectivity index (χ2v) is 4.40. The molecule has 0 aliphatic carbocycles. The molecule has 2 rings (SSSR count). The van der Waals surface area contributed by atoms with E-state index in [1.54, 1.807) is 23.2 Å². The van der Waals surface area contributed by atoms with Gasteiger partial charge in [-0.2, -0.15) is 0 Å². The zero-order chi connectivity index (χ0) is 13.1. The van der Waals surface area contributed by atoms with E-state index in [1.807, 2.05) is 13.8 Å². The average molecular weight is 247 g/mol. The summed E-state index contributed by atoms with van der Waals surface area (Å²) in [6, 6.07) is 3.19. The first-order chi connectivity index (χ1) is 8.63. The van der Waals surface area contributed by atoms with Crippen LogP contribution in [0.15, 0.2) is 18.3 Å². The van der Waals surface area contributed by atoms with Crippen LogP contribution in [0, 0.1) is 6.92 Å². The minimum absolute atomic E-state index is 0.0721. The maximum atomic E-state index is 12.3. The van der Waals surface area contributed by atoms with Crippen LogP contribution in [0.2, 0.25) is 0 Å². The quantitative estimate of drug-likeness (QED) is 0.838. The Hall–Kier alpha value is -1.91. The van der Waals surface area contributed by atoms with E-state index in [2.05, 4.69) is 10.3 Å². The highest BCUT2D eigenvalue weighted by atomic mass is 16.2. The fraction of sp³-hybridized carbons (Fsp3) is 0.462. The monoisotopic (exact) mass is 247 g/mol. The lowest BCUT2D eigenvalue weighted by molar-refractivity contribution is -0.127. The Morgan fingerprint density at radius 1 is 1.56 bits per heavy atom. The van der Waals surface area contributed by atoms with Crippen LogP contribution >= 0.6 is 0 Å². The fourth-order valence-electron chi connectivity index (χ4n) is 2.12. The molecule has 0 saturated carbocycles. The van der Waals surface area contributed by atoms with Crippen molar-refractivity contribution in [2.75, 3.05) is 13.1 Å². The molecule has 0 radical (unpaired) electrons. The molecule has 2 heterocycles. The van der Waals surface area contributed by atoms with Crippen LogP contribution in [0.1, 0.15) is 29.4 Å². The molecule has 0 spiro atoms. The summed E-state index contributed by atoms with van der Waals surface area (Å²) in [6.07, 6.45) is 2.19. The number of aryl methyl sites for hydroxylation is 1. The number of piperazine rings is 1. The van der Waals surface area contributed by atoms with Crippen molar-refractivity contribution in [3.05, 3.63) is 29.6 Å². The molecular formula is C13H17N3O2. The summed E-state index contributed by atoms with van der Waals surface area (Å²) >= 11 is 0. The highest BCUT2D eigenvalue weighted by molar-refractivity contribution is 5.97. The number of hydrogen-bond donors (Lipinski definition) is 1. The van der Waals surface area contributed by atoms with Crippen molar-refractivity contribution >= 4 is 11.8 Å². The van der Waals surface area contributed by atoms with Crippen molar-refractivity contribution < 1.29 is 9.59 Å². The second-order valence-electron chi connectivity index (χ2n) is 4.40. The van der Waals surface area contributed by atoms with E-state index in [9.17, 15) is 9.59 Å². The average Bonchev–Trinajstić information content (AvgIpc) is 2.38. The molecule has 96 valence electrons. The van der Waals surface area contributed by atoms with Gasteiger partial charge in [-0.1, -0.05) is 6.92 Å². The Morgan fingerprint density at radius 2 is 2.33 bits per heavy atom. The molecule has 5 heteroatoms. The molecule has 1 saturated heterocycles. The maximum absolute atomic E-state index is 12.3. The smallest absolute Gasteiger partial charge is 0.256 e. The van der Waals surface area contributed by atoms with Gasteiger partial charge in [0.2, 0.25) is 5.91 Å². The van der Waals surface area contributed by atoms with Crippen LogP contribution in [0.4, 0.5) is 0 Å². The first-order valence-electron chi connectivity index (χ1n) is 6.15. The highest BCUT2D eigenvalue weighted by Gasteiger charge is 2.32. The van der Waals surface area contributed by atoms with Gasteiger partial charge in [-0.25, -0.2) is 0 Å². The molecule has 1 fully saturated rings. The molecule has 1 aliphatic rings.